The summed E-state index contributed by atoms with van der Waals surface area (Å²) < 4.78 is 6.29. The fourth-order valence-corrected chi connectivity index (χ4v) is 6.02. The topological polar surface area (TPSA) is 13.1 Å². The summed E-state index contributed by atoms with van der Waals surface area (Å²) in [5.41, 5.74) is 5.02. The fourth-order valence-electron chi connectivity index (χ4n) is 4.10. The van der Waals surface area contributed by atoms with Crippen LogP contribution in [0.25, 0.3) is 21.7 Å². The highest BCUT2D eigenvalue weighted by Crippen LogP contribution is 2.66. The minimum atomic E-state index is 0.313. The lowest BCUT2D eigenvalue weighted by atomic mass is 9.88. The van der Waals surface area contributed by atoms with Gasteiger partial charge < -0.3 is 4.42 Å². The van der Waals surface area contributed by atoms with Gasteiger partial charge in [0.1, 0.15) is 5.76 Å². The van der Waals surface area contributed by atoms with Crippen LogP contribution < -0.4 is 0 Å². The Morgan fingerprint density at radius 3 is 2.52 bits per heavy atom. The highest BCUT2D eigenvalue weighted by Gasteiger charge is 2.46. The van der Waals surface area contributed by atoms with Crippen LogP contribution in [-0.2, 0) is 0 Å². The van der Waals surface area contributed by atoms with Crippen LogP contribution in [0.3, 0.4) is 0 Å². The molecular formula is C20H11ClOS. The Labute approximate surface area is 142 Å². The van der Waals surface area contributed by atoms with Gasteiger partial charge in [0, 0.05) is 10.9 Å². The van der Waals surface area contributed by atoms with Crippen molar-refractivity contribution in [1.82, 2.24) is 0 Å². The number of benzene rings is 3. The number of hydrogen-bond acceptors (Lipinski definition) is 2. The van der Waals surface area contributed by atoms with Gasteiger partial charge in [-0.2, -0.15) is 0 Å². The molecule has 0 saturated heterocycles. The Balaban J connectivity index is 1.79. The van der Waals surface area contributed by atoms with E-state index in [2.05, 4.69) is 48.5 Å². The summed E-state index contributed by atoms with van der Waals surface area (Å²) in [6, 6.07) is 19.2. The third-order valence-electron chi connectivity index (χ3n) is 5.04. The number of furan rings is 1. The summed E-state index contributed by atoms with van der Waals surface area (Å²) in [6.45, 7) is 0. The quantitative estimate of drug-likeness (QED) is 0.365. The second-order valence-corrected chi connectivity index (χ2v) is 7.81. The molecule has 0 saturated carbocycles. The molecule has 0 amide bonds. The van der Waals surface area contributed by atoms with Gasteiger partial charge >= 0.3 is 0 Å². The summed E-state index contributed by atoms with van der Waals surface area (Å²) in [5.74, 6) is 1.10. The van der Waals surface area contributed by atoms with Crippen molar-refractivity contribution < 1.29 is 4.42 Å². The number of rotatable bonds is 0. The van der Waals surface area contributed by atoms with Gasteiger partial charge in [-0.05, 0) is 28.0 Å². The van der Waals surface area contributed by atoms with Gasteiger partial charge in [0.15, 0.2) is 5.58 Å². The Morgan fingerprint density at radius 1 is 0.913 bits per heavy atom. The largest absolute Gasteiger partial charge is 0.458 e. The zero-order chi connectivity index (χ0) is 15.1. The van der Waals surface area contributed by atoms with Crippen LogP contribution in [0.1, 0.15) is 33.0 Å². The van der Waals surface area contributed by atoms with Crippen LogP contribution in [0.15, 0.2) is 59.0 Å². The molecule has 0 spiro atoms. The minimum absolute atomic E-state index is 0.313. The van der Waals surface area contributed by atoms with Crippen molar-refractivity contribution in [3.63, 3.8) is 0 Å². The van der Waals surface area contributed by atoms with Crippen molar-refractivity contribution >= 4 is 45.1 Å². The smallest absolute Gasteiger partial charge is 0.153 e. The molecule has 2 aliphatic rings. The molecule has 6 rings (SSSR count). The summed E-state index contributed by atoms with van der Waals surface area (Å²) in [7, 11) is 0. The Bertz CT molecular complexity index is 1130. The molecule has 110 valence electrons. The maximum absolute atomic E-state index is 6.53. The van der Waals surface area contributed by atoms with E-state index in [-0.39, 0.29) is 0 Å². The predicted octanol–water partition coefficient (Wildman–Crippen LogP) is 6.48. The first kappa shape index (κ1) is 12.5. The Kier molecular flexibility index (Phi) is 2.25. The first-order valence-corrected chi connectivity index (χ1v) is 9.03. The molecule has 3 aromatic carbocycles. The standard InChI is InChI=1S/C20H11ClOS/c21-14-9-10-5-1-2-6-11(10)15-16-18(22-17(14)15)20-13-8-4-3-7-12(13)19(16)23-20/h1-9,19-20H. The monoisotopic (exact) mass is 334 g/mol. The van der Waals surface area contributed by atoms with Crippen molar-refractivity contribution in [1.29, 1.82) is 0 Å². The average Bonchev–Trinajstić information content (AvgIpc) is 3.24. The van der Waals surface area contributed by atoms with E-state index in [0.717, 1.165) is 11.3 Å². The van der Waals surface area contributed by atoms with Gasteiger partial charge in [-0.25, -0.2) is 0 Å². The average molecular weight is 335 g/mol. The summed E-state index contributed by atoms with van der Waals surface area (Å²) in [4.78, 5) is 0. The molecule has 0 aliphatic carbocycles. The van der Waals surface area contributed by atoms with Crippen molar-refractivity contribution in [2.45, 2.75) is 10.5 Å². The molecule has 0 fully saturated rings. The fraction of sp³-hybridized carbons (Fsp3) is 0.100. The molecule has 0 radical (unpaired) electrons. The van der Waals surface area contributed by atoms with E-state index >= 15 is 0 Å². The van der Waals surface area contributed by atoms with Crippen LogP contribution in [-0.4, -0.2) is 0 Å². The highest BCUT2D eigenvalue weighted by atomic mass is 35.5. The van der Waals surface area contributed by atoms with E-state index in [1.54, 1.807) is 0 Å². The lowest BCUT2D eigenvalue weighted by Crippen LogP contribution is -2.00. The van der Waals surface area contributed by atoms with Crippen LogP contribution in [0.2, 0.25) is 5.02 Å². The second-order valence-electron chi connectivity index (χ2n) is 6.19. The summed E-state index contributed by atoms with van der Waals surface area (Å²) >= 11 is 8.52. The number of thioether (sulfide) groups is 1. The molecule has 1 nitrogen and oxygen atoms in total. The third kappa shape index (κ3) is 1.42. The van der Waals surface area contributed by atoms with Crippen LogP contribution in [0.4, 0.5) is 0 Å². The minimum Gasteiger partial charge on any atom is -0.458 e. The van der Waals surface area contributed by atoms with E-state index in [1.165, 1.54) is 32.8 Å². The molecule has 4 aromatic rings. The molecule has 3 heterocycles. The van der Waals surface area contributed by atoms with Crippen LogP contribution >= 0.6 is 23.4 Å². The molecule has 2 bridgehead atoms. The first-order valence-electron chi connectivity index (χ1n) is 7.71. The van der Waals surface area contributed by atoms with E-state index < -0.39 is 0 Å². The molecule has 2 aliphatic heterocycles. The normalized spacial score (nSPS) is 21.1. The summed E-state index contributed by atoms with van der Waals surface area (Å²) in [6.07, 6.45) is 0. The van der Waals surface area contributed by atoms with E-state index in [4.69, 9.17) is 16.0 Å². The maximum atomic E-state index is 6.53. The van der Waals surface area contributed by atoms with Crippen LogP contribution in [0, 0.1) is 0 Å². The maximum Gasteiger partial charge on any atom is 0.153 e. The van der Waals surface area contributed by atoms with E-state index in [0.29, 0.717) is 15.5 Å². The molecular weight excluding hydrogens is 324 g/mol. The Morgan fingerprint density at radius 2 is 1.65 bits per heavy atom. The second kappa shape index (κ2) is 4.14. The zero-order valence-electron chi connectivity index (χ0n) is 12.0. The van der Waals surface area contributed by atoms with Crippen LogP contribution in [0.5, 0.6) is 0 Å². The molecule has 3 heteroatoms. The van der Waals surface area contributed by atoms with Crippen molar-refractivity contribution in [3.8, 4) is 0 Å². The highest BCUT2D eigenvalue weighted by molar-refractivity contribution is 8.00. The van der Waals surface area contributed by atoms with E-state index in [9.17, 15) is 0 Å². The summed E-state index contributed by atoms with van der Waals surface area (Å²) in [5, 5.41) is 5.01. The van der Waals surface area contributed by atoms with Gasteiger partial charge in [-0.1, -0.05) is 60.1 Å². The lowest BCUT2D eigenvalue weighted by molar-refractivity contribution is 0.555. The molecule has 2 atom stereocenters. The van der Waals surface area contributed by atoms with Crippen molar-refractivity contribution in [2.24, 2.45) is 0 Å². The SMILES string of the molecule is Clc1cc2ccccc2c2c3c(oc12)C1SC3c2ccccc21. The number of fused-ring (bicyclic) bond motifs is 12. The molecule has 2 unspecified atom stereocenters. The van der Waals surface area contributed by atoms with Gasteiger partial charge in [0.2, 0.25) is 0 Å². The first-order chi connectivity index (χ1) is 11.3. The van der Waals surface area contributed by atoms with Crippen molar-refractivity contribution in [2.75, 3.05) is 0 Å². The third-order valence-corrected chi connectivity index (χ3v) is 6.82. The van der Waals surface area contributed by atoms with Gasteiger partial charge in [-0.3, -0.25) is 0 Å². The van der Waals surface area contributed by atoms with Gasteiger partial charge in [-0.15, -0.1) is 11.8 Å². The Hall–Kier alpha value is -1.90. The van der Waals surface area contributed by atoms with Gasteiger partial charge in [0.25, 0.3) is 0 Å². The van der Waals surface area contributed by atoms with Crippen molar-refractivity contribution in [3.05, 3.63) is 82.1 Å². The lowest BCUT2D eigenvalue weighted by Gasteiger charge is -2.13. The van der Waals surface area contributed by atoms with Gasteiger partial charge in [0.05, 0.1) is 15.5 Å². The number of halogens is 1. The molecule has 23 heavy (non-hydrogen) atoms. The molecule has 1 aromatic heterocycles. The van der Waals surface area contributed by atoms with E-state index in [1.807, 2.05) is 17.8 Å². The number of hydrogen-bond donors (Lipinski definition) is 0. The molecule has 0 N–H and O–H groups in total. The zero-order valence-corrected chi connectivity index (χ0v) is 13.6. The predicted molar refractivity (Wildman–Crippen MR) is 96.4 cm³/mol.